The molecule has 0 spiro atoms. The Morgan fingerprint density at radius 1 is 1.27 bits per heavy atom. The summed E-state index contributed by atoms with van der Waals surface area (Å²) in [6, 6.07) is 7.48. The lowest BCUT2D eigenvalue weighted by atomic mass is 9.86. The zero-order chi connectivity index (χ0) is 21.5. The molecule has 1 aromatic carbocycles. The SMILES string of the molecule is C=CCn1c(SCC(=O)NC(=O)NC2CCCCC2C)nnc1-c1ccc(Br)cc1. The molecule has 3 rings (SSSR count). The van der Waals surface area contributed by atoms with Crippen molar-refractivity contribution in [2.45, 2.75) is 50.4 Å². The highest BCUT2D eigenvalue weighted by Crippen LogP contribution is 2.26. The standard InChI is InChI=1S/C21H26BrN5O2S/c1-3-12-27-19(15-8-10-16(22)11-9-15)25-26-21(27)30-13-18(28)24-20(29)23-17-7-5-4-6-14(17)2/h3,8-11,14,17H,1,4-7,12-13H2,2H3,(H2,23,24,28,29). The van der Waals surface area contributed by atoms with Crippen molar-refractivity contribution in [1.82, 2.24) is 25.4 Å². The summed E-state index contributed by atoms with van der Waals surface area (Å²) in [5.41, 5.74) is 0.921. The first-order valence-corrected chi connectivity index (χ1v) is 11.8. The van der Waals surface area contributed by atoms with Crippen LogP contribution < -0.4 is 10.6 Å². The number of imide groups is 1. The van der Waals surface area contributed by atoms with Gasteiger partial charge in [0.15, 0.2) is 11.0 Å². The van der Waals surface area contributed by atoms with E-state index in [9.17, 15) is 9.59 Å². The number of carbonyl (C=O) groups excluding carboxylic acids is 2. The van der Waals surface area contributed by atoms with Crippen LogP contribution in [-0.2, 0) is 11.3 Å². The maximum atomic E-state index is 12.3. The third-order valence-electron chi connectivity index (χ3n) is 5.14. The predicted molar refractivity (Wildman–Crippen MR) is 122 cm³/mol. The predicted octanol–water partition coefficient (Wildman–Crippen LogP) is 4.39. The van der Waals surface area contributed by atoms with Gasteiger partial charge < -0.3 is 5.32 Å². The minimum absolute atomic E-state index is 0.0727. The molecule has 1 fully saturated rings. The first kappa shape index (κ1) is 22.6. The van der Waals surface area contributed by atoms with Gasteiger partial charge in [-0.1, -0.05) is 65.7 Å². The van der Waals surface area contributed by atoms with E-state index in [0.29, 0.717) is 23.4 Å². The first-order chi connectivity index (χ1) is 14.5. The van der Waals surface area contributed by atoms with E-state index in [1.54, 1.807) is 6.08 Å². The Kier molecular flexibility index (Phi) is 8.09. The molecule has 1 aliphatic carbocycles. The van der Waals surface area contributed by atoms with Crippen molar-refractivity contribution < 1.29 is 9.59 Å². The Balaban J connectivity index is 1.58. The van der Waals surface area contributed by atoms with E-state index in [1.165, 1.54) is 18.2 Å². The number of halogens is 1. The quantitative estimate of drug-likeness (QED) is 0.442. The Morgan fingerprint density at radius 2 is 2.00 bits per heavy atom. The monoisotopic (exact) mass is 491 g/mol. The topological polar surface area (TPSA) is 88.9 Å². The number of hydrogen-bond donors (Lipinski definition) is 2. The number of nitrogens with one attached hydrogen (secondary N) is 2. The lowest BCUT2D eigenvalue weighted by Crippen LogP contribution is -2.48. The van der Waals surface area contributed by atoms with Crippen molar-refractivity contribution in [3.63, 3.8) is 0 Å². The molecule has 2 unspecified atom stereocenters. The smallest absolute Gasteiger partial charge is 0.321 e. The van der Waals surface area contributed by atoms with Crippen LogP contribution in [0.25, 0.3) is 11.4 Å². The molecule has 0 aliphatic heterocycles. The third kappa shape index (κ3) is 5.95. The van der Waals surface area contributed by atoms with Gasteiger partial charge in [-0.15, -0.1) is 16.8 Å². The Hall–Kier alpha value is -2.13. The second kappa shape index (κ2) is 10.8. The van der Waals surface area contributed by atoms with Crippen LogP contribution in [0.3, 0.4) is 0 Å². The van der Waals surface area contributed by atoms with E-state index in [-0.39, 0.29) is 17.7 Å². The summed E-state index contributed by atoms with van der Waals surface area (Å²) in [5, 5.41) is 14.5. The fraction of sp³-hybridized carbons (Fsp3) is 0.429. The Labute approximate surface area is 189 Å². The van der Waals surface area contributed by atoms with Gasteiger partial charge in [-0.2, -0.15) is 0 Å². The van der Waals surface area contributed by atoms with Crippen LogP contribution >= 0.6 is 27.7 Å². The number of thioether (sulfide) groups is 1. The summed E-state index contributed by atoms with van der Waals surface area (Å²) in [6.07, 6.45) is 6.13. The van der Waals surface area contributed by atoms with E-state index in [1.807, 2.05) is 28.8 Å². The highest BCUT2D eigenvalue weighted by atomic mass is 79.9. The van der Waals surface area contributed by atoms with Gasteiger partial charge in [0.1, 0.15) is 0 Å². The number of benzene rings is 1. The maximum absolute atomic E-state index is 12.3. The molecule has 2 aromatic rings. The molecular formula is C21H26BrN5O2S. The molecule has 2 N–H and O–H groups in total. The normalized spacial score (nSPS) is 18.6. The minimum atomic E-state index is -0.428. The molecule has 160 valence electrons. The summed E-state index contributed by atoms with van der Waals surface area (Å²) in [5.74, 6) is 0.848. The molecule has 0 radical (unpaired) electrons. The molecule has 0 saturated heterocycles. The highest BCUT2D eigenvalue weighted by molar-refractivity contribution is 9.10. The molecule has 7 nitrogen and oxygen atoms in total. The van der Waals surface area contributed by atoms with Crippen LogP contribution in [-0.4, -0.2) is 38.5 Å². The van der Waals surface area contributed by atoms with Crippen LogP contribution in [0.2, 0.25) is 0 Å². The van der Waals surface area contributed by atoms with Crippen molar-refractivity contribution in [2.75, 3.05) is 5.75 Å². The summed E-state index contributed by atoms with van der Waals surface area (Å²) in [4.78, 5) is 24.4. The second-order valence-corrected chi connectivity index (χ2v) is 9.25. The lowest BCUT2D eigenvalue weighted by Gasteiger charge is -2.29. The van der Waals surface area contributed by atoms with Crippen LogP contribution in [0.1, 0.15) is 32.6 Å². The van der Waals surface area contributed by atoms with Gasteiger partial charge in [-0.05, 0) is 30.9 Å². The molecule has 3 amide bonds. The average molecular weight is 492 g/mol. The van der Waals surface area contributed by atoms with Gasteiger partial charge in [0.05, 0.1) is 5.75 Å². The van der Waals surface area contributed by atoms with Gasteiger partial charge in [0.25, 0.3) is 0 Å². The fourth-order valence-corrected chi connectivity index (χ4v) is 4.54. The molecule has 30 heavy (non-hydrogen) atoms. The molecule has 1 aromatic heterocycles. The minimum Gasteiger partial charge on any atom is -0.335 e. The molecule has 2 atom stereocenters. The summed E-state index contributed by atoms with van der Waals surface area (Å²) >= 11 is 4.67. The summed E-state index contributed by atoms with van der Waals surface area (Å²) < 4.78 is 2.88. The fourth-order valence-electron chi connectivity index (χ4n) is 3.53. The summed E-state index contributed by atoms with van der Waals surface area (Å²) in [7, 11) is 0. The van der Waals surface area contributed by atoms with Crippen molar-refractivity contribution >= 4 is 39.6 Å². The van der Waals surface area contributed by atoms with E-state index in [0.717, 1.165) is 29.3 Å². The molecule has 1 aliphatic rings. The number of rotatable bonds is 7. The number of hydrogen-bond acceptors (Lipinski definition) is 5. The number of carbonyl (C=O) groups is 2. The van der Waals surface area contributed by atoms with Crippen LogP contribution in [0.15, 0.2) is 46.5 Å². The van der Waals surface area contributed by atoms with E-state index >= 15 is 0 Å². The molecule has 0 bridgehead atoms. The average Bonchev–Trinajstić information content (AvgIpc) is 3.11. The zero-order valence-electron chi connectivity index (χ0n) is 16.9. The first-order valence-electron chi connectivity index (χ1n) is 10.0. The number of urea groups is 1. The molecule has 1 heterocycles. The van der Waals surface area contributed by atoms with Gasteiger partial charge in [-0.25, -0.2) is 4.79 Å². The number of aromatic nitrogens is 3. The number of amides is 3. The Morgan fingerprint density at radius 3 is 2.70 bits per heavy atom. The molecular weight excluding hydrogens is 466 g/mol. The molecule has 1 saturated carbocycles. The van der Waals surface area contributed by atoms with Crippen molar-refractivity contribution in [3.05, 3.63) is 41.4 Å². The third-order valence-corrected chi connectivity index (χ3v) is 6.64. The van der Waals surface area contributed by atoms with Gasteiger partial charge >= 0.3 is 6.03 Å². The van der Waals surface area contributed by atoms with Gasteiger partial charge in [-0.3, -0.25) is 14.7 Å². The summed E-state index contributed by atoms with van der Waals surface area (Å²) in [6.45, 7) is 6.45. The van der Waals surface area contributed by atoms with E-state index < -0.39 is 6.03 Å². The number of nitrogens with zero attached hydrogens (tertiary/aromatic N) is 3. The number of allylic oxidation sites excluding steroid dienone is 1. The van der Waals surface area contributed by atoms with Gasteiger partial charge in [0, 0.05) is 22.6 Å². The lowest BCUT2D eigenvalue weighted by molar-refractivity contribution is -0.117. The second-order valence-electron chi connectivity index (χ2n) is 7.39. The Bertz CT molecular complexity index is 899. The highest BCUT2D eigenvalue weighted by Gasteiger charge is 2.23. The van der Waals surface area contributed by atoms with Crippen molar-refractivity contribution in [1.29, 1.82) is 0 Å². The largest absolute Gasteiger partial charge is 0.335 e. The van der Waals surface area contributed by atoms with Gasteiger partial charge in [0.2, 0.25) is 5.91 Å². The molecule has 9 heteroatoms. The van der Waals surface area contributed by atoms with Crippen LogP contribution in [0.4, 0.5) is 4.79 Å². The van der Waals surface area contributed by atoms with Crippen molar-refractivity contribution in [3.8, 4) is 11.4 Å². The maximum Gasteiger partial charge on any atom is 0.321 e. The van der Waals surface area contributed by atoms with Crippen molar-refractivity contribution in [2.24, 2.45) is 5.92 Å². The van der Waals surface area contributed by atoms with Crippen LogP contribution in [0.5, 0.6) is 0 Å². The van der Waals surface area contributed by atoms with Crippen LogP contribution in [0, 0.1) is 5.92 Å². The van der Waals surface area contributed by atoms with E-state index in [2.05, 4.69) is 50.3 Å². The van der Waals surface area contributed by atoms with E-state index in [4.69, 9.17) is 0 Å². The zero-order valence-corrected chi connectivity index (χ0v) is 19.3.